The van der Waals surface area contributed by atoms with Crippen molar-refractivity contribution in [3.05, 3.63) is 59.4 Å². The summed E-state index contributed by atoms with van der Waals surface area (Å²) in [5.41, 5.74) is 6.40. The maximum atomic E-state index is 12.8. The zero-order valence-corrected chi connectivity index (χ0v) is 13.7. The number of nitrogens with zero attached hydrogens (tertiary/aromatic N) is 2. The van der Waals surface area contributed by atoms with Gasteiger partial charge in [0.25, 0.3) is 0 Å². The summed E-state index contributed by atoms with van der Waals surface area (Å²) in [6.45, 7) is 3.98. The van der Waals surface area contributed by atoms with E-state index in [1.54, 1.807) is 0 Å². The highest BCUT2D eigenvalue weighted by atomic mass is 16.6. The van der Waals surface area contributed by atoms with Gasteiger partial charge in [0.2, 0.25) is 5.78 Å². The van der Waals surface area contributed by atoms with E-state index in [2.05, 4.69) is 41.3 Å². The summed E-state index contributed by atoms with van der Waals surface area (Å²) in [7, 11) is 0. The van der Waals surface area contributed by atoms with Gasteiger partial charge in [-0.05, 0) is 25.5 Å². The first-order chi connectivity index (χ1) is 11.6. The van der Waals surface area contributed by atoms with E-state index in [0.29, 0.717) is 24.1 Å². The van der Waals surface area contributed by atoms with Gasteiger partial charge in [-0.2, -0.15) is 0 Å². The van der Waals surface area contributed by atoms with E-state index in [4.69, 9.17) is 4.84 Å². The second-order valence-electron chi connectivity index (χ2n) is 6.40. The van der Waals surface area contributed by atoms with E-state index in [9.17, 15) is 4.79 Å². The molecular formula is C20H18N2O2. The van der Waals surface area contributed by atoms with Gasteiger partial charge in [0, 0.05) is 35.7 Å². The van der Waals surface area contributed by atoms with Crippen LogP contribution in [0.2, 0.25) is 0 Å². The molecule has 0 saturated heterocycles. The molecule has 4 heteroatoms. The van der Waals surface area contributed by atoms with Crippen molar-refractivity contribution < 1.29 is 9.63 Å². The van der Waals surface area contributed by atoms with Crippen molar-refractivity contribution in [3.63, 3.8) is 0 Å². The quantitative estimate of drug-likeness (QED) is 0.866. The van der Waals surface area contributed by atoms with Crippen LogP contribution in [0.4, 0.5) is 0 Å². The topological polar surface area (TPSA) is 51.5 Å². The van der Waals surface area contributed by atoms with Crippen molar-refractivity contribution in [2.75, 3.05) is 0 Å². The molecule has 0 saturated carbocycles. The minimum Gasteiger partial charge on any atom is -0.392 e. The zero-order valence-electron chi connectivity index (χ0n) is 13.7. The lowest BCUT2D eigenvalue weighted by molar-refractivity contribution is -0.108. The smallest absolute Gasteiger partial charge is 0.211 e. The van der Waals surface area contributed by atoms with Gasteiger partial charge in [-0.15, -0.1) is 0 Å². The number of Topliss-reactive ketones (excluding diaryl/α,β-unsaturated/α-hetero) is 1. The van der Waals surface area contributed by atoms with Gasteiger partial charge in [0.05, 0.1) is 5.69 Å². The van der Waals surface area contributed by atoms with Crippen LogP contribution in [0.3, 0.4) is 0 Å². The van der Waals surface area contributed by atoms with Crippen LogP contribution in [-0.2, 0) is 16.1 Å². The molecule has 4 nitrogen and oxygen atoms in total. The minimum atomic E-state index is -0.0405. The van der Waals surface area contributed by atoms with Gasteiger partial charge in [-0.25, -0.2) is 0 Å². The van der Waals surface area contributed by atoms with E-state index < -0.39 is 0 Å². The Morgan fingerprint density at radius 1 is 1.25 bits per heavy atom. The Kier molecular flexibility index (Phi) is 3.53. The SMILES string of the molecule is Cc1cccc(-c2cnc3c(c2)C(C(=O)C2=NO[C@H](C)C2)=CC3)c1. The van der Waals surface area contributed by atoms with Gasteiger partial charge in [0.15, 0.2) is 0 Å². The summed E-state index contributed by atoms with van der Waals surface area (Å²) in [6.07, 6.45) is 5.06. The number of carbonyl (C=O) groups is 1. The molecule has 1 aromatic carbocycles. The number of allylic oxidation sites excluding steroid dienone is 2. The highest BCUT2D eigenvalue weighted by molar-refractivity contribution is 6.56. The first kappa shape index (κ1) is 14.8. The van der Waals surface area contributed by atoms with Crippen LogP contribution in [0.5, 0.6) is 0 Å². The van der Waals surface area contributed by atoms with Gasteiger partial charge >= 0.3 is 0 Å². The van der Waals surface area contributed by atoms with Gasteiger partial charge < -0.3 is 4.84 Å². The molecule has 0 radical (unpaired) electrons. The van der Waals surface area contributed by atoms with Crippen LogP contribution in [-0.4, -0.2) is 22.6 Å². The number of carbonyl (C=O) groups excluding carboxylic acids is 1. The molecular weight excluding hydrogens is 300 g/mol. The van der Waals surface area contributed by atoms with Crippen LogP contribution in [0.15, 0.2) is 47.8 Å². The molecule has 0 N–H and O–H groups in total. The highest BCUT2D eigenvalue weighted by Crippen LogP contribution is 2.32. The van der Waals surface area contributed by atoms with Gasteiger partial charge in [-0.1, -0.05) is 41.1 Å². The highest BCUT2D eigenvalue weighted by Gasteiger charge is 2.29. The molecule has 0 spiro atoms. The molecule has 2 aromatic rings. The molecule has 24 heavy (non-hydrogen) atoms. The Bertz CT molecular complexity index is 896. The number of oxime groups is 1. The fourth-order valence-corrected chi connectivity index (χ4v) is 3.19. The van der Waals surface area contributed by atoms with Crippen LogP contribution in [0.25, 0.3) is 16.7 Å². The zero-order chi connectivity index (χ0) is 16.7. The maximum absolute atomic E-state index is 12.8. The number of ketones is 1. The fraction of sp³-hybridized carbons (Fsp3) is 0.250. The lowest BCUT2D eigenvalue weighted by Gasteiger charge is -2.08. The monoisotopic (exact) mass is 318 g/mol. The predicted molar refractivity (Wildman–Crippen MR) is 93.7 cm³/mol. The third-order valence-electron chi connectivity index (χ3n) is 4.44. The molecule has 2 aliphatic rings. The summed E-state index contributed by atoms with van der Waals surface area (Å²) in [6, 6.07) is 10.4. The van der Waals surface area contributed by atoms with E-state index in [0.717, 1.165) is 22.4 Å². The number of aromatic nitrogens is 1. The molecule has 1 aromatic heterocycles. The molecule has 1 atom stereocenters. The summed E-state index contributed by atoms with van der Waals surface area (Å²) in [4.78, 5) is 22.5. The molecule has 1 aliphatic heterocycles. The summed E-state index contributed by atoms with van der Waals surface area (Å²) < 4.78 is 0. The molecule has 0 unspecified atom stereocenters. The number of rotatable bonds is 3. The van der Waals surface area contributed by atoms with Crippen molar-refractivity contribution in [3.8, 4) is 11.1 Å². The molecule has 0 fully saturated rings. The van der Waals surface area contributed by atoms with Crippen molar-refractivity contribution >= 4 is 17.1 Å². The molecule has 120 valence electrons. The van der Waals surface area contributed by atoms with Gasteiger partial charge in [-0.3, -0.25) is 9.78 Å². The Hall–Kier alpha value is -2.75. The molecule has 2 heterocycles. The summed E-state index contributed by atoms with van der Waals surface area (Å²) >= 11 is 0. The molecule has 0 bridgehead atoms. The number of benzene rings is 1. The first-order valence-electron chi connectivity index (χ1n) is 8.15. The van der Waals surface area contributed by atoms with E-state index >= 15 is 0 Å². The van der Waals surface area contributed by atoms with Crippen molar-refractivity contribution in [1.82, 2.24) is 4.98 Å². The Morgan fingerprint density at radius 3 is 2.88 bits per heavy atom. The number of hydrogen-bond donors (Lipinski definition) is 0. The second-order valence-corrected chi connectivity index (χ2v) is 6.40. The standard InChI is InChI=1S/C20H18N2O2/c1-12-4-3-5-14(8-12)15-10-17-16(6-7-18(17)21-11-15)20(23)19-9-13(2)24-22-19/h3-6,8,10-11,13H,7,9H2,1-2H3/t13-/m1/s1. The Morgan fingerprint density at radius 2 is 2.12 bits per heavy atom. The van der Waals surface area contributed by atoms with Crippen molar-refractivity contribution in [2.24, 2.45) is 5.16 Å². The van der Waals surface area contributed by atoms with E-state index in [1.807, 2.05) is 25.3 Å². The molecule has 0 amide bonds. The Balaban J connectivity index is 1.69. The van der Waals surface area contributed by atoms with Crippen LogP contribution >= 0.6 is 0 Å². The second kappa shape index (κ2) is 5.71. The first-order valence-corrected chi connectivity index (χ1v) is 8.15. The van der Waals surface area contributed by atoms with E-state index in [1.165, 1.54) is 5.56 Å². The minimum absolute atomic E-state index is 0.0258. The number of pyridine rings is 1. The average Bonchev–Trinajstić information content (AvgIpc) is 3.20. The largest absolute Gasteiger partial charge is 0.392 e. The third-order valence-corrected chi connectivity index (χ3v) is 4.44. The van der Waals surface area contributed by atoms with E-state index in [-0.39, 0.29) is 11.9 Å². The van der Waals surface area contributed by atoms with Crippen molar-refractivity contribution in [1.29, 1.82) is 0 Å². The third kappa shape index (κ3) is 2.54. The molecule has 4 rings (SSSR count). The van der Waals surface area contributed by atoms with Crippen LogP contribution in [0.1, 0.15) is 30.2 Å². The number of fused-ring (bicyclic) bond motifs is 1. The fourth-order valence-electron chi connectivity index (χ4n) is 3.19. The Labute approximate surface area is 140 Å². The average molecular weight is 318 g/mol. The van der Waals surface area contributed by atoms with Gasteiger partial charge in [0.1, 0.15) is 11.8 Å². The summed E-state index contributed by atoms with van der Waals surface area (Å²) in [5.74, 6) is -0.0405. The number of hydrogen-bond acceptors (Lipinski definition) is 4. The predicted octanol–water partition coefficient (Wildman–Crippen LogP) is 3.73. The van der Waals surface area contributed by atoms with Crippen molar-refractivity contribution in [2.45, 2.75) is 32.8 Å². The summed E-state index contributed by atoms with van der Waals surface area (Å²) in [5, 5.41) is 3.93. The van der Waals surface area contributed by atoms with Crippen LogP contribution < -0.4 is 0 Å². The van der Waals surface area contributed by atoms with Crippen LogP contribution in [0, 0.1) is 6.92 Å². The lowest BCUT2D eigenvalue weighted by Crippen LogP contribution is -2.15. The molecule has 1 aliphatic carbocycles. The number of aryl methyl sites for hydroxylation is 1. The maximum Gasteiger partial charge on any atom is 0.211 e. The normalized spacial score (nSPS) is 18.7. The lowest BCUT2D eigenvalue weighted by atomic mass is 9.96.